The largest absolute Gasteiger partial charge is 0.457 e. The van der Waals surface area contributed by atoms with Crippen LogP contribution < -0.4 is 4.90 Å². The number of anilines is 1. The molecule has 0 aliphatic carbocycles. The fourth-order valence-electron chi connectivity index (χ4n) is 4.94. The van der Waals surface area contributed by atoms with Crippen LogP contribution in [0.3, 0.4) is 0 Å². The van der Waals surface area contributed by atoms with Gasteiger partial charge in [-0.15, -0.1) is 0 Å². The minimum Gasteiger partial charge on any atom is -0.457 e. The Labute approximate surface area is 224 Å². The lowest BCUT2D eigenvalue weighted by Crippen LogP contribution is -2.47. The van der Waals surface area contributed by atoms with E-state index >= 15 is 0 Å². The number of esters is 1. The van der Waals surface area contributed by atoms with Gasteiger partial charge in [-0.1, -0.05) is 0 Å². The van der Waals surface area contributed by atoms with Crippen LogP contribution in [-0.2, 0) is 39.7 Å². The van der Waals surface area contributed by atoms with E-state index in [-0.39, 0.29) is 37.0 Å². The van der Waals surface area contributed by atoms with Crippen LogP contribution in [0.25, 0.3) is 0 Å². The van der Waals surface area contributed by atoms with Crippen molar-refractivity contribution in [3.8, 4) is 0 Å². The summed E-state index contributed by atoms with van der Waals surface area (Å²) in [6.07, 6.45) is -11.9. The molecule has 2 aromatic carbocycles. The number of halogens is 6. The fraction of sp³-hybridized carbons (Fsp3) is 0.423. The van der Waals surface area contributed by atoms with Crippen LogP contribution in [0.1, 0.15) is 64.5 Å². The van der Waals surface area contributed by atoms with Gasteiger partial charge in [0, 0.05) is 18.2 Å². The zero-order valence-corrected chi connectivity index (χ0v) is 21.5. The second-order valence-corrected chi connectivity index (χ2v) is 9.33. The van der Waals surface area contributed by atoms with Gasteiger partial charge in [0.15, 0.2) is 0 Å². The summed E-state index contributed by atoms with van der Waals surface area (Å²) in [5, 5.41) is 0. The van der Waals surface area contributed by atoms with Crippen molar-refractivity contribution in [1.29, 1.82) is 0 Å². The summed E-state index contributed by atoms with van der Waals surface area (Å²) in [5.74, 6) is -0.634. The number of hydrogen-bond acceptors (Lipinski definition) is 6. The van der Waals surface area contributed by atoms with Crippen molar-refractivity contribution >= 4 is 23.8 Å². The van der Waals surface area contributed by atoms with E-state index in [9.17, 15) is 40.7 Å². The Morgan fingerprint density at radius 3 is 2.23 bits per heavy atom. The second kappa shape index (κ2) is 10.5. The monoisotopic (exact) mass is 574 g/mol. The number of fused-ring (bicyclic) bond motifs is 2. The first-order valence-electron chi connectivity index (χ1n) is 12.1. The molecule has 0 radical (unpaired) electrons. The summed E-state index contributed by atoms with van der Waals surface area (Å²) in [6, 6.07) is 2.39. The molecule has 40 heavy (non-hydrogen) atoms. The molecule has 0 aromatic heterocycles. The summed E-state index contributed by atoms with van der Waals surface area (Å²) < 4.78 is 96.0. The van der Waals surface area contributed by atoms with E-state index in [1.54, 1.807) is 13.8 Å². The number of methoxy groups -OCH3 is 1. The number of hydrogen-bond donors (Lipinski definition) is 0. The van der Waals surface area contributed by atoms with Gasteiger partial charge in [0.1, 0.15) is 6.61 Å². The molecule has 0 unspecified atom stereocenters. The average molecular weight is 574 g/mol. The predicted octanol–water partition coefficient (Wildman–Crippen LogP) is 6.46. The number of cyclic esters (lactones) is 1. The highest BCUT2D eigenvalue weighted by molar-refractivity contribution is 5.98. The fourth-order valence-corrected chi connectivity index (χ4v) is 4.94. The number of ether oxygens (including phenoxy) is 3. The normalized spacial score (nSPS) is 18.5. The summed E-state index contributed by atoms with van der Waals surface area (Å²) in [6.45, 7) is 2.49. The number of carbonyl (C=O) groups excluding carboxylic acids is 3. The van der Waals surface area contributed by atoms with Gasteiger partial charge >= 0.3 is 30.5 Å². The van der Waals surface area contributed by atoms with Gasteiger partial charge in [0.25, 0.3) is 0 Å². The number of benzene rings is 2. The summed E-state index contributed by atoms with van der Waals surface area (Å²) in [5.41, 5.74) is -2.36. The maximum Gasteiger partial charge on any atom is 0.416 e. The lowest BCUT2D eigenvalue weighted by molar-refractivity contribution is -0.143. The van der Waals surface area contributed by atoms with Crippen LogP contribution in [0, 0.1) is 0 Å². The van der Waals surface area contributed by atoms with Crippen LogP contribution in [0.5, 0.6) is 0 Å². The van der Waals surface area contributed by atoms with Crippen molar-refractivity contribution in [3.63, 3.8) is 0 Å². The SMILES string of the molecule is CCOC(=O)N1c2cc3c(cc2[C@H](N(Cc2cc(C(F)(F)F)cc(C(F)(F)F)c2)C(=O)OC)C[C@@H]1C)COC3=O. The summed E-state index contributed by atoms with van der Waals surface area (Å²) in [7, 11) is 1.02. The zero-order chi connectivity index (χ0) is 29.6. The lowest BCUT2D eigenvalue weighted by atomic mass is 9.88. The van der Waals surface area contributed by atoms with Crippen LogP contribution >= 0.6 is 0 Å². The standard InChI is InChI=1S/C26H24F6N2O6/c1-4-39-24(37)34-13(2)5-20(19-8-15-12-40-22(35)18(15)10-21(19)34)33(23(36)38-3)11-14-6-16(25(27,28)29)9-17(7-14)26(30,31)32/h6-10,13,20H,4-5,11-12H2,1-3H3/t13-,20+/m0/s1. The van der Waals surface area contributed by atoms with Crippen molar-refractivity contribution in [2.24, 2.45) is 0 Å². The van der Waals surface area contributed by atoms with Gasteiger partial charge in [-0.05, 0) is 61.7 Å². The Hall–Kier alpha value is -3.97. The van der Waals surface area contributed by atoms with E-state index in [1.165, 1.54) is 17.0 Å². The second-order valence-electron chi connectivity index (χ2n) is 9.33. The summed E-state index contributed by atoms with van der Waals surface area (Å²) >= 11 is 0. The number of carbonyl (C=O) groups is 3. The number of nitrogens with zero attached hydrogens (tertiary/aromatic N) is 2. The Kier molecular flexibility index (Phi) is 7.65. The van der Waals surface area contributed by atoms with Crippen molar-refractivity contribution in [3.05, 3.63) is 63.7 Å². The molecule has 2 amide bonds. The van der Waals surface area contributed by atoms with Gasteiger partial charge in [-0.25, -0.2) is 14.4 Å². The van der Waals surface area contributed by atoms with E-state index in [4.69, 9.17) is 14.2 Å². The van der Waals surface area contributed by atoms with E-state index in [0.717, 1.165) is 12.0 Å². The molecule has 0 saturated heterocycles. The first-order chi connectivity index (χ1) is 18.6. The highest BCUT2D eigenvalue weighted by atomic mass is 19.4. The maximum atomic E-state index is 13.5. The van der Waals surface area contributed by atoms with Gasteiger partial charge in [0.2, 0.25) is 0 Å². The molecule has 2 aliphatic heterocycles. The van der Waals surface area contributed by atoms with Gasteiger partial charge in [0.05, 0.1) is 42.1 Å². The molecule has 4 rings (SSSR count). The lowest BCUT2D eigenvalue weighted by Gasteiger charge is -2.42. The Bertz CT molecular complexity index is 1310. The average Bonchev–Trinajstić information content (AvgIpc) is 3.23. The number of rotatable bonds is 4. The molecule has 0 bridgehead atoms. The van der Waals surface area contributed by atoms with Crippen LogP contribution in [0.2, 0.25) is 0 Å². The molecule has 2 aromatic rings. The molecule has 0 saturated carbocycles. The third kappa shape index (κ3) is 5.52. The van der Waals surface area contributed by atoms with Crippen molar-refractivity contribution in [1.82, 2.24) is 4.90 Å². The molecule has 0 spiro atoms. The third-order valence-electron chi connectivity index (χ3n) is 6.71. The minimum atomic E-state index is -5.08. The molecule has 2 aliphatic rings. The van der Waals surface area contributed by atoms with E-state index in [2.05, 4.69) is 0 Å². The van der Waals surface area contributed by atoms with Crippen molar-refractivity contribution in [2.45, 2.75) is 57.9 Å². The zero-order valence-electron chi connectivity index (χ0n) is 21.5. The topological polar surface area (TPSA) is 85.4 Å². The maximum absolute atomic E-state index is 13.5. The first-order valence-corrected chi connectivity index (χ1v) is 12.1. The van der Waals surface area contributed by atoms with E-state index < -0.39 is 65.8 Å². The van der Waals surface area contributed by atoms with Gasteiger partial charge < -0.3 is 14.2 Å². The Balaban J connectivity index is 1.85. The minimum absolute atomic E-state index is 0.00149. The molecule has 2 atom stereocenters. The highest BCUT2D eigenvalue weighted by Gasteiger charge is 2.42. The molecule has 8 nitrogen and oxygen atoms in total. The van der Waals surface area contributed by atoms with E-state index in [1.807, 2.05) is 0 Å². The van der Waals surface area contributed by atoms with Crippen molar-refractivity contribution in [2.75, 3.05) is 18.6 Å². The van der Waals surface area contributed by atoms with E-state index in [0.29, 0.717) is 23.3 Å². The molecule has 2 heterocycles. The van der Waals surface area contributed by atoms with Gasteiger partial charge in [-0.2, -0.15) is 26.3 Å². The molecular formula is C26H24F6N2O6. The number of alkyl halides is 6. The third-order valence-corrected chi connectivity index (χ3v) is 6.71. The van der Waals surface area contributed by atoms with Crippen LogP contribution in [-0.4, -0.2) is 42.8 Å². The quantitative estimate of drug-likeness (QED) is 0.237. The molecule has 216 valence electrons. The van der Waals surface area contributed by atoms with Gasteiger partial charge in [-0.3, -0.25) is 9.80 Å². The smallest absolute Gasteiger partial charge is 0.416 e. The molecule has 0 N–H and O–H groups in total. The molecular weight excluding hydrogens is 550 g/mol. The Morgan fingerprint density at radius 1 is 1.05 bits per heavy atom. The summed E-state index contributed by atoms with van der Waals surface area (Å²) in [4.78, 5) is 40.3. The molecule has 14 heteroatoms. The first kappa shape index (κ1) is 29.0. The van der Waals surface area contributed by atoms with Crippen LogP contribution in [0.4, 0.5) is 41.6 Å². The Morgan fingerprint density at radius 2 is 1.68 bits per heavy atom. The molecule has 0 fully saturated rings. The van der Waals surface area contributed by atoms with Crippen molar-refractivity contribution < 1.29 is 54.9 Å². The van der Waals surface area contributed by atoms with Crippen LogP contribution in [0.15, 0.2) is 30.3 Å². The number of amides is 2. The highest BCUT2D eigenvalue weighted by Crippen LogP contribution is 2.45. The predicted molar refractivity (Wildman–Crippen MR) is 126 cm³/mol.